The number of carbonyl (C=O) groups is 1. The van der Waals surface area contributed by atoms with Crippen molar-refractivity contribution in [2.75, 3.05) is 11.9 Å². The Labute approximate surface area is 162 Å². The zero-order valence-corrected chi connectivity index (χ0v) is 16.3. The van der Waals surface area contributed by atoms with Crippen molar-refractivity contribution in [3.05, 3.63) is 101 Å². The number of fused-ring (bicyclic) bond motifs is 1. The van der Waals surface area contributed by atoms with E-state index in [1.165, 1.54) is 0 Å². The molecule has 0 saturated heterocycles. The van der Waals surface area contributed by atoms with Gasteiger partial charge in [-0.1, -0.05) is 62.9 Å². The summed E-state index contributed by atoms with van der Waals surface area (Å²) >= 11 is 0. The average Bonchev–Trinajstić information content (AvgIpc) is 2.89. The highest BCUT2D eigenvalue weighted by atomic mass is 16.5. The number of anilines is 1. The van der Waals surface area contributed by atoms with Crippen LogP contribution in [-0.2, 0) is 9.53 Å². The molecule has 0 aromatic heterocycles. The highest BCUT2D eigenvalue weighted by Gasteiger charge is 2.22. The number of benzene rings is 1. The van der Waals surface area contributed by atoms with Crippen LogP contribution in [0.5, 0.6) is 0 Å². The molecule has 0 fully saturated rings. The molecule has 1 aliphatic carbocycles. The molecular formula is C24H27NO2. The molecule has 0 atom stereocenters. The summed E-state index contributed by atoms with van der Waals surface area (Å²) in [7, 11) is 0. The van der Waals surface area contributed by atoms with E-state index in [4.69, 9.17) is 4.74 Å². The zero-order valence-electron chi connectivity index (χ0n) is 16.3. The maximum absolute atomic E-state index is 12.6. The van der Waals surface area contributed by atoms with Crippen molar-refractivity contribution in [1.29, 1.82) is 0 Å². The Bertz CT molecular complexity index is 849. The van der Waals surface area contributed by atoms with Gasteiger partial charge in [-0.05, 0) is 48.8 Å². The van der Waals surface area contributed by atoms with Gasteiger partial charge in [0.1, 0.15) is 12.4 Å². The molecule has 1 amide bonds. The van der Waals surface area contributed by atoms with Crippen LogP contribution in [0.25, 0.3) is 0 Å². The van der Waals surface area contributed by atoms with E-state index in [0.717, 1.165) is 40.2 Å². The van der Waals surface area contributed by atoms with Gasteiger partial charge < -0.3 is 10.1 Å². The third kappa shape index (κ3) is 4.76. The second kappa shape index (κ2) is 9.58. The van der Waals surface area contributed by atoms with Crippen LogP contribution < -0.4 is 5.32 Å². The van der Waals surface area contributed by atoms with Crippen molar-refractivity contribution in [2.24, 2.45) is 0 Å². The van der Waals surface area contributed by atoms with Crippen molar-refractivity contribution in [2.45, 2.75) is 27.2 Å². The van der Waals surface area contributed by atoms with Crippen LogP contribution in [0.2, 0.25) is 0 Å². The number of carbonyl (C=O) groups excluding carboxylic acids is 1. The van der Waals surface area contributed by atoms with Crippen molar-refractivity contribution >= 4 is 11.6 Å². The molecule has 1 aromatic carbocycles. The summed E-state index contributed by atoms with van der Waals surface area (Å²) in [4.78, 5) is 12.6. The zero-order chi connectivity index (χ0) is 19.8. The number of nitrogens with one attached hydrogen (secondary N) is 1. The molecule has 140 valence electrons. The Balaban J connectivity index is 0.00000126. The fourth-order valence-electron chi connectivity index (χ4n) is 2.86. The molecule has 0 spiro atoms. The molecule has 0 radical (unpaired) electrons. The standard InChI is InChI=1S/C22H21NO2.C2H6/c1-4-16-7-6-8-21-20(19(16)5-2)13-17(14-25-21)22(24)23-18-11-9-15(3)10-12-18;1-2/h4-5,7-13H,1-2,6,14H2,3H3,(H,23,24);1-2H3. The summed E-state index contributed by atoms with van der Waals surface area (Å²) in [5.41, 5.74) is 5.30. The smallest absolute Gasteiger partial charge is 0.255 e. The SMILES string of the molecule is C=CC1=CCC=C2OCC(C(=O)Nc3ccc(C)cc3)=CC2=C1C=C.CC. The lowest BCUT2D eigenvalue weighted by Gasteiger charge is -2.21. The van der Waals surface area contributed by atoms with Crippen molar-refractivity contribution < 1.29 is 9.53 Å². The van der Waals surface area contributed by atoms with Crippen LogP contribution in [0, 0.1) is 6.92 Å². The van der Waals surface area contributed by atoms with Gasteiger partial charge in [-0.25, -0.2) is 0 Å². The molecule has 3 heteroatoms. The molecule has 1 aromatic rings. The van der Waals surface area contributed by atoms with Crippen LogP contribution in [-0.4, -0.2) is 12.5 Å². The second-order valence-electron chi connectivity index (χ2n) is 5.98. The first kappa shape index (κ1) is 20.2. The van der Waals surface area contributed by atoms with Gasteiger partial charge in [-0.3, -0.25) is 4.79 Å². The largest absolute Gasteiger partial charge is 0.488 e. The Kier molecular flexibility index (Phi) is 7.18. The number of ether oxygens (including phenoxy) is 1. The van der Waals surface area contributed by atoms with E-state index < -0.39 is 0 Å². The molecule has 1 aliphatic heterocycles. The number of allylic oxidation sites excluding steroid dienone is 7. The average molecular weight is 361 g/mol. The molecule has 1 heterocycles. The van der Waals surface area contributed by atoms with Gasteiger partial charge in [0.25, 0.3) is 5.91 Å². The van der Waals surface area contributed by atoms with E-state index in [9.17, 15) is 4.79 Å². The maximum atomic E-state index is 12.6. The summed E-state index contributed by atoms with van der Waals surface area (Å²) in [6, 6.07) is 7.71. The fraction of sp³-hybridized carbons (Fsp3) is 0.208. The lowest BCUT2D eigenvalue weighted by atomic mass is 9.96. The second-order valence-corrected chi connectivity index (χ2v) is 5.98. The number of aryl methyl sites for hydroxylation is 1. The highest BCUT2D eigenvalue weighted by molar-refractivity contribution is 6.04. The summed E-state index contributed by atoms with van der Waals surface area (Å²) in [6.07, 6.45) is 10.3. The van der Waals surface area contributed by atoms with Gasteiger partial charge in [-0.2, -0.15) is 0 Å². The van der Waals surface area contributed by atoms with E-state index in [1.54, 1.807) is 12.2 Å². The Hall–Kier alpha value is -3.07. The van der Waals surface area contributed by atoms with Crippen LogP contribution >= 0.6 is 0 Å². The Morgan fingerprint density at radius 3 is 2.44 bits per heavy atom. The lowest BCUT2D eigenvalue weighted by Crippen LogP contribution is -2.21. The Morgan fingerprint density at radius 2 is 1.81 bits per heavy atom. The van der Waals surface area contributed by atoms with Crippen LogP contribution in [0.3, 0.4) is 0 Å². The molecule has 1 N–H and O–H groups in total. The van der Waals surface area contributed by atoms with Gasteiger partial charge in [0, 0.05) is 11.3 Å². The van der Waals surface area contributed by atoms with E-state index >= 15 is 0 Å². The molecule has 0 bridgehead atoms. The summed E-state index contributed by atoms with van der Waals surface area (Å²) in [5, 5.41) is 2.92. The highest BCUT2D eigenvalue weighted by Crippen LogP contribution is 2.32. The van der Waals surface area contributed by atoms with Gasteiger partial charge in [0.2, 0.25) is 0 Å². The number of rotatable bonds is 4. The minimum absolute atomic E-state index is 0.160. The van der Waals surface area contributed by atoms with E-state index in [0.29, 0.717) is 5.57 Å². The predicted molar refractivity (Wildman–Crippen MR) is 113 cm³/mol. The topological polar surface area (TPSA) is 38.3 Å². The molecule has 27 heavy (non-hydrogen) atoms. The van der Waals surface area contributed by atoms with Gasteiger partial charge in [-0.15, -0.1) is 0 Å². The predicted octanol–water partition coefficient (Wildman–Crippen LogP) is 5.80. The molecule has 2 aliphatic rings. The molecule has 0 saturated carbocycles. The van der Waals surface area contributed by atoms with E-state index in [1.807, 2.05) is 57.2 Å². The maximum Gasteiger partial charge on any atom is 0.255 e. The molecule has 0 unspecified atom stereocenters. The van der Waals surface area contributed by atoms with Crippen molar-refractivity contribution in [3.8, 4) is 0 Å². The minimum Gasteiger partial charge on any atom is -0.488 e. The molecule has 3 nitrogen and oxygen atoms in total. The third-order valence-corrected chi connectivity index (χ3v) is 4.23. The minimum atomic E-state index is -0.160. The third-order valence-electron chi connectivity index (χ3n) is 4.23. The van der Waals surface area contributed by atoms with Crippen LogP contribution in [0.15, 0.2) is 95.9 Å². The number of amides is 1. The first-order chi connectivity index (χ1) is 13.1. The van der Waals surface area contributed by atoms with Crippen LogP contribution in [0.1, 0.15) is 25.8 Å². The lowest BCUT2D eigenvalue weighted by molar-refractivity contribution is -0.113. The van der Waals surface area contributed by atoms with Crippen LogP contribution in [0.4, 0.5) is 5.69 Å². The van der Waals surface area contributed by atoms with E-state index in [2.05, 4.69) is 24.6 Å². The van der Waals surface area contributed by atoms with Crippen molar-refractivity contribution in [3.63, 3.8) is 0 Å². The van der Waals surface area contributed by atoms with Gasteiger partial charge in [0.15, 0.2) is 0 Å². The number of hydrogen-bond acceptors (Lipinski definition) is 2. The van der Waals surface area contributed by atoms with E-state index in [-0.39, 0.29) is 12.5 Å². The molecular weight excluding hydrogens is 334 g/mol. The molecule has 3 rings (SSSR count). The van der Waals surface area contributed by atoms with Gasteiger partial charge >= 0.3 is 0 Å². The first-order valence-corrected chi connectivity index (χ1v) is 9.24. The Morgan fingerprint density at radius 1 is 1.11 bits per heavy atom. The summed E-state index contributed by atoms with van der Waals surface area (Å²) in [5.74, 6) is 0.627. The monoisotopic (exact) mass is 361 g/mol. The summed E-state index contributed by atoms with van der Waals surface area (Å²) < 4.78 is 5.84. The fourth-order valence-corrected chi connectivity index (χ4v) is 2.86. The van der Waals surface area contributed by atoms with Crippen molar-refractivity contribution in [1.82, 2.24) is 0 Å². The first-order valence-electron chi connectivity index (χ1n) is 9.24. The quantitative estimate of drug-likeness (QED) is 0.736. The van der Waals surface area contributed by atoms with Gasteiger partial charge in [0.05, 0.1) is 5.57 Å². The summed E-state index contributed by atoms with van der Waals surface area (Å²) in [6.45, 7) is 14.0. The normalized spacial score (nSPS) is 15.4. The number of hydrogen-bond donors (Lipinski definition) is 1.